The van der Waals surface area contributed by atoms with Crippen LogP contribution in [0.15, 0.2) is 98.7 Å². The van der Waals surface area contributed by atoms with E-state index in [2.05, 4.69) is 5.32 Å². The topological polar surface area (TPSA) is 75.7 Å². The second-order valence-electron chi connectivity index (χ2n) is 8.52. The zero-order chi connectivity index (χ0) is 23.1. The second kappa shape index (κ2) is 8.50. The first-order valence-corrected chi connectivity index (χ1v) is 12.1. The molecule has 4 heterocycles. The molecule has 2 aliphatic rings. The molecular formula is C27H22N2O4S. The lowest BCUT2D eigenvalue weighted by atomic mass is 9.81. The molecule has 4 aromatic rings. The summed E-state index contributed by atoms with van der Waals surface area (Å²) in [6, 6.07) is 18.3. The van der Waals surface area contributed by atoms with Gasteiger partial charge in [0, 0.05) is 28.5 Å². The highest BCUT2D eigenvalue weighted by molar-refractivity contribution is 7.10. The number of carbonyl (C=O) groups is 2. The molecule has 34 heavy (non-hydrogen) atoms. The summed E-state index contributed by atoms with van der Waals surface area (Å²) in [5.41, 5.74) is 2.89. The summed E-state index contributed by atoms with van der Waals surface area (Å²) in [5, 5.41) is 5.47. The van der Waals surface area contributed by atoms with Crippen LogP contribution < -0.4 is 10.2 Å². The maximum absolute atomic E-state index is 13.8. The molecular weight excluding hydrogens is 448 g/mol. The Balaban J connectivity index is 1.51. The van der Waals surface area contributed by atoms with Crippen LogP contribution in [0.3, 0.4) is 0 Å². The van der Waals surface area contributed by atoms with Crippen LogP contribution in [0.4, 0.5) is 11.4 Å². The van der Waals surface area contributed by atoms with Crippen LogP contribution in [-0.4, -0.2) is 11.7 Å². The highest BCUT2D eigenvalue weighted by Crippen LogP contribution is 2.47. The zero-order valence-electron chi connectivity index (χ0n) is 18.3. The van der Waals surface area contributed by atoms with Crippen molar-refractivity contribution in [3.05, 3.63) is 106 Å². The summed E-state index contributed by atoms with van der Waals surface area (Å²) in [5.74, 6) is 1.19. The Labute approximate surface area is 200 Å². The molecule has 2 atom stereocenters. The number of carbonyl (C=O) groups excluding carboxylic acids is 2. The molecule has 1 N–H and O–H groups in total. The van der Waals surface area contributed by atoms with Gasteiger partial charge >= 0.3 is 0 Å². The monoisotopic (exact) mass is 470 g/mol. The molecule has 0 bridgehead atoms. The average Bonchev–Trinajstić information content (AvgIpc) is 3.61. The number of amides is 1. The number of rotatable bonds is 4. The lowest BCUT2D eigenvalue weighted by molar-refractivity contribution is -0.118. The zero-order valence-corrected chi connectivity index (χ0v) is 19.1. The van der Waals surface area contributed by atoms with Crippen molar-refractivity contribution in [3.63, 3.8) is 0 Å². The number of para-hydroxylation sites is 2. The Morgan fingerprint density at radius 2 is 1.76 bits per heavy atom. The SMILES string of the molecule is O=C1C[C@H](c2ccco2)CC2=C1[C@H](c1ccco1)N(C(=O)Cc1cccs1)c1ccccc1N2. The van der Waals surface area contributed by atoms with Crippen molar-refractivity contribution < 1.29 is 18.4 Å². The lowest BCUT2D eigenvalue weighted by Gasteiger charge is -2.33. The predicted molar refractivity (Wildman–Crippen MR) is 130 cm³/mol. The van der Waals surface area contributed by atoms with Crippen LogP contribution in [0, 0.1) is 0 Å². The molecule has 3 aromatic heterocycles. The highest BCUT2D eigenvalue weighted by Gasteiger charge is 2.43. The van der Waals surface area contributed by atoms with Gasteiger partial charge in [-0.2, -0.15) is 0 Å². The van der Waals surface area contributed by atoms with E-state index in [1.807, 2.05) is 60.0 Å². The number of furan rings is 2. The van der Waals surface area contributed by atoms with Crippen molar-refractivity contribution in [1.29, 1.82) is 0 Å². The summed E-state index contributed by atoms with van der Waals surface area (Å²) in [4.78, 5) is 30.2. The second-order valence-corrected chi connectivity index (χ2v) is 9.55. The summed E-state index contributed by atoms with van der Waals surface area (Å²) >= 11 is 1.55. The molecule has 0 radical (unpaired) electrons. The van der Waals surface area contributed by atoms with Gasteiger partial charge < -0.3 is 14.2 Å². The highest BCUT2D eigenvalue weighted by atomic mass is 32.1. The van der Waals surface area contributed by atoms with Crippen molar-refractivity contribution in [2.24, 2.45) is 0 Å². The van der Waals surface area contributed by atoms with Gasteiger partial charge in [0.25, 0.3) is 0 Å². The standard InChI is InChI=1S/C27H22N2O4S/c30-22-15-17(23-9-3-11-32-23)14-20-26(22)27(24-10-4-12-33-24)29(21-8-2-1-7-19(21)28-20)25(31)16-18-6-5-13-34-18/h1-13,17,27-28H,14-16H2/t17-,27+/m1/s1. The Morgan fingerprint density at radius 1 is 0.971 bits per heavy atom. The van der Waals surface area contributed by atoms with Gasteiger partial charge in [0.1, 0.15) is 17.6 Å². The van der Waals surface area contributed by atoms with Gasteiger partial charge in [-0.05, 0) is 54.3 Å². The minimum atomic E-state index is -0.654. The van der Waals surface area contributed by atoms with E-state index in [9.17, 15) is 9.59 Å². The fourth-order valence-corrected chi connectivity index (χ4v) is 5.65. The van der Waals surface area contributed by atoms with Gasteiger partial charge in [-0.15, -0.1) is 11.3 Å². The number of fused-ring (bicyclic) bond motifs is 1. The van der Waals surface area contributed by atoms with Crippen LogP contribution in [-0.2, 0) is 16.0 Å². The molecule has 0 spiro atoms. The third kappa shape index (κ3) is 3.58. The third-order valence-electron chi connectivity index (χ3n) is 6.42. The molecule has 0 saturated carbocycles. The molecule has 0 unspecified atom stereocenters. The first kappa shape index (κ1) is 20.7. The summed E-state index contributed by atoms with van der Waals surface area (Å²) < 4.78 is 11.5. The number of ketones is 1. The Morgan fingerprint density at radius 3 is 2.50 bits per heavy atom. The van der Waals surface area contributed by atoms with Gasteiger partial charge in [0.2, 0.25) is 5.91 Å². The molecule has 6 rings (SSSR count). The van der Waals surface area contributed by atoms with Crippen molar-refractivity contribution >= 4 is 34.4 Å². The summed E-state index contributed by atoms with van der Waals surface area (Å²) in [6.45, 7) is 0. The maximum Gasteiger partial charge on any atom is 0.233 e. The number of allylic oxidation sites excluding steroid dienone is 1. The number of benzene rings is 1. The molecule has 170 valence electrons. The molecule has 1 aliphatic carbocycles. The number of thiophene rings is 1. The minimum Gasteiger partial charge on any atom is -0.469 e. The van der Waals surface area contributed by atoms with Gasteiger partial charge in [-0.3, -0.25) is 14.5 Å². The number of nitrogens with one attached hydrogen (secondary N) is 1. The predicted octanol–water partition coefficient (Wildman–Crippen LogP) is 6.08. The van der Waals surface area contributed by atoms with Crippen LogP contribution in [0.25, 0.3) is 0 Å². The van der Waals surface area contributed by atoms with E-state index in [4.69, 9.17) is 8.83 Å². The fourth-order valence-electron chi connectivity index (χ4n) is 4.95. The minimum absolute atomic E-state index is 0.0155. The summed E-state index contributed by atoms with van der Waals surface area (Å²) in [7, 11) is 0. The van der Waals surface area contributed by atoms with E-state index in [0.717, 1.165) is 27.7 Å². The van der Waals surface area contributed by atoms with Crippen LogP contribution in [0.2, 0.25) is 0 Å². The van der Waals surface area contributed by atoms with Crippen LogP contribution >= 0.6 is 11.3 Å². The van der Waals surface area contributed by atoms with E-state index in [1.54, 1.807) is 34.8 Å². The number of hydrogen-bond donors (Lipinski definition) is 1. The molecule has 1 amide bonds. The third-order valence-corrected chi connectivity index (χ3v) is 7.30. The van der Waals surface area contributed by atoms with Crippen LogP contribution in [0.1, 0.15) is 41.2 Å². The van der Waals surface area contributed by atoms with E-state index >= 15 is 0 Å². The fraction of sp³-hybridized carbons (Fsp3) is 0.185. The lowest BCUT2D eigenvalue weighted by Crippen LogP contribution is -2.39. The largest absolute Gasteiger partial charge is 0.469 e. The van der Waals surface area contributed by atoms with Gasteiger partial charge in [0.15, 0.2) is 5.78 Å². The van der Waals surface area contributed by atoms with Crippen molar-refractivity contribution in [1.82, 2.24) is 0 Å². The Kier molecular flexibility index (Phi) is 5.19. The quantitative estimate of drug-likeness (QED) is 0.391. The van der Waals surface area contributed by atoms with Gasteiger partial charge in [-0.1, -0.05) is 18.2 Å². The normalized spacial score (nSPS) is 19.9. The molecule has 7 heteroatoms. The molecule has 1 aliphatic heterocycles. The van der Waals surface area contributed by atoms with E-state index < -0.39 is 6.04 Å². The first-order chi connectivity index (χ1) is 16.7. The number of nitrogens with zero attached hydrogens (tertiary/aromatic N) is 1. The molecule has 1 aromatic carbocycles. The Bertz CT molecular complexity index is 1350. The maximum atomic E-state index is 13.8. The van der Waals surface area contributed by atoms with Gasteiger partial charge in [-0.25, -0.2) is 0 Å². The Hall–Kier alpha value is -3.84. The summed E-state index contributed by atoms with van der Waals surface area (Å²) in [6.07, 6.45) is 4.38. The van der Waals surface area contributed by atoms with E-state index in [1.165, 1.54) is 0 Å². The van der Waals surface area contributed by atoms with Gasteiger partial charge in [0.05, 0.1) is 30.3 Å². The smallest absolute Gasteiger partial charge is 0.233 e. The number of anilines is 2. The number of hydrogen-bond acceptors (Lipinski definition) is 6. The van der Waals surface area contributed by atoms with Crippen LogP contribution in [0.5, 0.6) is 0 Å². The molecule has 6 nitrogen and oxygen atoms in total. The number of Topliss-reactive ketones (excluding diaryl/α,β-unsaturated/α-hetero) is 1. The van der Waals surface area contributed by atoms with Crippen molar-refractivity contribution in [2.45, 2.75) is 31.2 Å². The van der Waals surface area contributed by atoms with Crippen molar-refractivity contribution in [2.75, 3.05) is 10.2 Å². The van der Waals surface area contributed by atoms with E-state index in [0.29, 0.717) is 24.2 Å². The first-order valence-electron chi connectivity index (χ1n) is 11.2. The molecule has 0 saturated heterocycles. The van der Waals surface area contributed by atoms with Crippen molar-refractivity contribution in [3.8, 4) is 0 Å². The van der Waals surface area contributed by atoms with E-state index in [-0.39, 0.29) is 24.0 Å². The molecule has 0 fully saturated rings. The average molecular weight is 471 g/mol.